The fraction of sp³-hybridized carbons (Fsp3) is 0.222. The number of alkyl halides is 1. The van der Waals surface area contributed by atoms with Crippen LogP contribution >= 0.6 is 11.6 Å². The van der Waals surface area contributed by atoms with Gasteiger partial charge in [-0.2, -0.15) is 5.26 Å². The van der Waals surface area contributed by atoms with Crippen LogP contribution in [0.1, 0.15) is 0 Å². The zero-order valence-electron chi connectivity index (χ0n) is 7.59. The number of non-ortho nitro benzene ring substituents is 1. The zero-order chi connectivity index (χ0) is 11.3. The van der Waals surface area contributed by atoms with Crippen molar-refractivity contribution < 1.29 is 9.66 Å². The molecule has 0 aliphatic rings. The van der Waals surface area contributed by atoms with E-state index in [-0.39, 0.29) is 12.3 Å². The van der Waals surface area contributed by atoms with E-state index >= 15 is 0 Å². The highest BCUT2D eigenvalue weighted by Gasteiger charge is 2.06. The van der Waals surface area contributed by atoms with Crippen molar-refractivity contribution in [1.82, 2.24) is 0 Å². The summed E-state index contributed by atoms with van der Waals surface area (Å²) in [5, 5.41) is 18.0. The summed E-state index contributed by atoms with van der Waals surface area (Å²) >= 11 is 5.50. The van der Waals surface area contributed by atoms with E-state index in [0.717, 1.165) is 0 Å². The third kappa shape index (κ3) is 3.44. The summed E-state index contributed by atoms with van der Waals surface area (Å²) in [6.07, 6.45) is 0. The normalized spacial score (nSPS) is 11.5. The van der Waals surface area contributed by atoms with Crippen LogP contribution in [0.4, 0.5) is 5.69 Å². The molecule has 15 heavy (non-hydrogen) atoms. The number of halogens is 1. The highest BCUT2D eigenvalue weighted by atomic mass is 35.5. The molecule has 1 aromatic carbocycles. The standard InChI is InChI=1S/C9H7ClN2O3/c10-7(5-11)6-15-9-3-1-8(2-4-9)12(13)14/h1-4,7H,6H2. The summed E-state index contributed by atoms with van der Waals surface area (Å²) in [6, 6.07) is 7.36. The monoisotopic (exact) mass is 226 g/mol. The summed E-state index contributed by atoms with van der Waals surface area (Å²) < 4.78 is 5.12. The number of hydrogen-bond acceptors (Lipinski definition) is 4. The lowest BCUT2D eigenvalue weighted by atomic mass is 10.3. The molecule has 78 valence electrons. The van der Waals surface area contributed by atoms with Crippen molar-refractivity contribution >= 4 is 17.3 Å². The lowest BCUT2D eigenvalue weighted by Gasteiger charge is -2.05. The topological polar surface area (TPSA) is 76.2 Å². The maximum absolute atomic E-state index is 10.3. The van der Waals surface area contributed by atoms with E-state index in [0.29, 0.717) is 5.75 Å². The molecule has 0 bridgehead atoms. The molecule has 0 fully saturated rings. The third-order valence-corrected chi connectivity index (χ3v) is 1.81. The zero-order valence-corrected chi connectivity index (χ0v) is 8.35. The largest absolute Gasteiger partial charge is 0.491 e. The van der Waals surface area contributed by atoms with Gasteiger partial charge < -0.3 is 4.74 Å². The van der Waals surface area contributed by atoms with E-state index in [2.05, 4.69) is 0 Å². The smallest absolute Gasteiger partial charge is 0.269 e. The number of nitro groups is 1. The maximum Gasteiger partial charge on any atom is 0.269 e. The Kier molecular flexibility index (Phi) is 3.89. The van der Waals surface area contributed by atoms with Gasteiger partial charge in [0.25, 0.3) is 5.69 Å². The van der Waals surface area contributed by atoms with E-state index in [9.17, 15) is 10.1 Å². The van der Waals surface area contributed by atoms with Crippen molar-refractivity contribution in [3.63, 3.8) is 0 Å². The summed E-state index contributed by atoms with van der Waals surface area (Å²) in [6.45, 7) is 0.0515. The average molecular weight is 227 g/mol. The number of nitrogens with zero attached hydrogens (tertiary/aromatic N) is 2. The van der Waals surface area contributed by atoms with Crippen molar-refractivity contribution in [1.29, 1.82) is 5.26 Å². The van der Waals surface area contributed by atoms with Gasteiger partial charge >= 0.3 is 0 Å². The Morgan fingerprint density at radius 2 is 2.13 bits per heavy atom. The molecule has 0 N–H and O–H groups in total. The molecule has 0 saturated carbocycles. The van der Waals surface area contributed by atoms with Crippen LogP contribution < -0.4 is 4.74 Å². The summed E-state index contributed by atoms with van der Waals surface area (Å²) in [5.41, 5.74) is -0.00921. The first kappa shape index (κ1) is 11.3. The molecule has 1 aromatic rings. The molecule has 0 radical (unpaired) electrons. The van der Waals surface area contributed by atoms with E-state index in [1.165, 1.54) is 24.3 Å². The van der Waals surface area contributed by atoms with Gasteiger partial charge in [0, 0.05) is 12.1 Å². The predicted octanol–water partition coefficient (Wildman–Crippen LogP) is 2.10. The van der Waals surface area contributed by atoms with Gasteiger partial charge in [0.1, 0.15) is 12.4 Å². The summed E-state index contributed by atoms with van der Waals surface area (Å²) in [7, 11) is 0. The van der Waals surface area contributed by atoms with Gasteiger partial charge in [-0.3, -0.25) is 10.1 Å². The van der Waals surface area contributed by atoms with E-state index in [1.807, 2.05) is 0 Å². The van der Waals surface area contributed by atoms with Crippen LogP contribution in [0.15, 0.2) is 24.3 Å². The highest BCUT2D eigenvalue weighted by Crippen LogP contribution is 2.17. The molecular formula is C9H7ClN2O3. The Labute approximate surface area is 91.0 Å². The van der Waals surface area contributed by atoms with Crippen LogP contribution in [-0.4, -0.2) is 16.9 Å². The minimum Gasteiger partial charge on any atom is -0.491 e. The first-order valence-electron chi connectivity index (χ1n) is 4.04. The molecule has 5 nitrogen and oxygen atoms in total. The number of rotatable bonds is 4. The van der Waals surface area contributed by atoms with Gasteiger partial charge in [-0.1, -0.05) is 0 Å². The van der Waals surface area contributed by atoms with Crippen molar-refractivity contribution in [2.75, 3.05) is 6.61 Å². The lowest BCUT2D eigenvalue weighted by Crippen LogP contribution is -2.08. The molecule has 0 heterocycles. The van der Waals surface area contributed by atoms with Crippen LogP contribution in [-0.2, 0) is 0 Å². The third-order valence-electron chi connectivity index (χ3n) is 1.58. The minimum atomic E-state index is -0.722. The molecule has 0 aromatic heterocycles. The fourth-order valence-electron chi connectivity index (χ4n) is 0.871. The fourth-order valence-corrected chi connectivity index (χ4v) is 0.934. The van der Waals surface area contributed by atoms with Gasteiger partial charge in [-0.05, 0) is 12.1 Å². The lowest BCUT2D eigenvalue weighted by molar-refractivity contribution is -0.384. The highest BCUT2D eigenvalue weighted by molar-refractivity contribution is 6.22. The Bertz CT molecular complexity index is 385. The molecule has 1 rings (SSSR count). The maximum atomic E-state index is 10.3. The molecule has 0 amide bonds. The molecule has 0 aliphatic heterocycles. The molecule has 1 unspecified atom stereocenters. The van der Waals surface area contributed by atoms with Gasteiger partial charge in [-0.15, -0.1) is 11.6 Å². The average Bonchev–Trinajstić information content (AvgIpc) is 2.26. The number of benzene rings is 1. The molecule has 0 saturated heterocycles. The molecule has 1 atom stereocenters. The number of hydrogen-bond donors (Lipinski definition) is 0. The van der Waals surface area contributed by atoms with Gasteiger partial charge in [-0.25, -0.2) is 0 Å². The predicted molar refractivity (Wildman–Crippen MR) is 53.8 cm³/mol. The SMILES string of the molecule is N#CC(Cl)COc1ccc([N+](=O)[O-])cc1. The second-order valence-corrected chi connectivity index (χ2v) is 3.19. The van der Waals surface area contributed by atoms with Crippen molar-refractivity contribution in [2.45, 2.75) is 5.38 Å². The van der Waals surface area contributed by atoms with Crippen LogP contribution in [0, 0.1) is 21.4 Å². The Hall–Kier alpha value is -1.80. The molecular weight excluding hydrogens is 220 g/mol. The Morgan fingerprint density at radius 1 is 1.53 bits per heavy atom. The van der Waals surface area contributed by atoms with E-state index in [4.69, 9.17) is 21.6 Å². The molecule has 0 aliphatic carbocycles. The number of nitro benzene ring substituents is 1. The quantitative estimate of drug-likeness (QED) is 0.448. The minimum absolute atomic E-state index is 0.00921. The Balaban J connectivity index is 2.58. The van der Waals surface area contributed by atoms with Gasteiger partial charge in [0.15, 0.2) is 5.38 Å². The first-order chi connectivity index (χ1) is 7.13. The number of nitriles is 1. The second-order valence-electron chi connectivity index (χ2n) is 2.66. The summed E-state index contributed by atoms with van der Waals surface area (Å²) in [5.74, 6) is 0.446. The van der Waals surface area contributed by atoms with Crippen molar-refractivity contribution in [2.24, 2.45) is 0 Å². The van der Waals surface area contributed by atoms with Crippen molar-refractivity contribution in [3.8, 4) is 11.8 Å². The van der Waals surface area contributed by atoms with Crippen molar-refractivity contribution in [3.05, 3.63) is 34.4 Å². The summed E-state index contributed by atoms with van der Waals surface area (Å²) in [4.78, 5) is 9.83. The van der Waals surface area contributed by atoms with E-state index in [1.54, 1.807) is 6.07 Å². The molecule has 6 heteroatoms. The van der Waals surface area contributed by atoms with Gasteiger partial charge in [0.05, 0.1) is 11.0 Å². The number of ether oxygens (including phenoxy) is 1. The van der Waals surface area contributed by atoms with Gasteiger partial charge in [0.2, 0.25) is 0 Å². The van der Waals surface area contributed by atoms with Crippen LogP contribution in [0.2, 0.25) is 0 Å². The van der Waals surface area contributed by atoms with E-state index < -0.39 is 10.3 Å². The molecule has 0 spiro atoms. The Morgan fingerprint density at radius 3 is 2.60 bits per heavy atom. The first-order valence-corrected chi connectivity index (χ1v) is 4.48. The second kappa shape index (κ2) is 5.17. The van der Waals surface area contributed by atoms with Crippen LogP contribution in [0.25, 0.3) is 0 Å². The van der Waals surface area contributed by atoms with Crippen LogP contribution in [0.5, 0.6) is 5.75 Å². The van der Waals surface area contributed by atoms with Crippen LogP contribution in [0.3, 0.4) is 0 Å².